The van der Waals surface area contributed by atoms with Gasteiger partial charge in [0, 0.05) is 16.9 Å². The normalized spacial score (nSPS) is 18.4. The fourth-order valence-corrected chi connectivity index (χ4v) is 13.3. The first-order chi connectivity index (χ1) is 17.7. The van der Waals surface area contributed by atoms with Crippen LogP contribution in [-0.2, 0) is 20.5 Å². The fraction of sp³-hybridized carbons (Fsp3) is 0.710. The van der Waals surface area contributed by atoms with Crippen molar-refractivity contribution in [3.05, 3.63) is 30.0 Å². The molecule has 0 spiro atoms. The number of amides is 1. The minimum absolute atomic E-state index is 0.0742. The Morgan fingerprint density at radius 2 is 1.49 bits per heavy atom. The Bertz CT molecular complexity index is 1140. The highest BCUT2D eigenvalue weighted by Crippen LogP contribution is 2.45. The zero-order chi connectivity index (χ0) is 29.7. The number of carbonyl (C=O) groups excluding carboxylic acids is 1. The van der Waals surface area contributed by atoms with Gasteiger partial charge in [-0.05, 0) is 102 Å². The van der Waals surface area contributed by atoms with Crippen molar-refractivity contribution in [2.24, 2.45) is 0 Å². The van der Waals surface area contributed by atoms with Crippen LogP contribution < -0.4 is 10.8 Å². The summed E-state index contributed by atoms with van der Waals surface area (Å²) >= 11 is 0. The van der Waals surface area contributed by atoms with E-state index in [-0.39, 0.29) is 12.1 Å². The van der Waals surface area contributed by atoms with E-state index in [2.05, 4.69) is 103 Å². The summed E-state index contributed by atoms with van der Waals surface area (Å²) in [5.74, 6) is 0. The second-order valence-corrected chi connectivity index (χ2v) is 20.2. The van der Waals surface area contributed by atoms with Crippen molar-refractivity contribution in [3.63, 3.8) is 0 Å². The zero-order valence-electron chi connectivity index (χ0n) is 27.0. The molecule has 1 atom stereocenters. The van der Waals surface area contributed by atoms with Gasteiger partial charge in [0.05, 0.1) is 11.2 Å². The van der Waals surface area contributed by atoms with Gasteiger partial charge in [-0.15, -0.1) is 0 Å². The van der Waals surface area contributed by atoms with Crippen molar-refractivity contribution in [1.82, 2.24) is 9.55 Å². The van der Waals surface area contributed by atoms with Crippen LogP contribution in [0.5, 0.6) is 0 Å². The molecule has 1 fully saturated rings. The van der Waals surface area contributed by atoms with Crippen molar-refractivity contribution in [2.75, 3.05) is 0 Å². The van der Waals surface area contributed by atoms with Gasteiger partial charge >= 0.3 is 13.2 Å². The molecule has 1 aliphatic rings. The van der Waals surface area contributed by atoms with Gasteiger partial charge in [-0.2, -0.15) is 0 Å². The van der Waals surface area contributed by atoms with E-state index in [1.807, 2.05) is 27.7 Å². The van der Waals surface area contributed by atoms with E-state index in [1.165, 1.54) is 16.5 Å². The molecule has 1 N–H and O–H groups in total. The molecule has 218 valence electrons. The molecule has 6 nitrogen and oxygen atoms in total. The van der Waals surface area contributed by atoms with Gasteiger partial charge in [0.2, 0.25) is 0 Å². The largest absolute Gasteiger partial charge is 0.494 e. The number of benzene rings is 1. The minimum Gasteiger partial charge on any atom is -0.444 e. The number of nitrogens with one attached hydrogen (secondary N) is 1. The van der Waals surface area contributed by atoms with E-state index in [9.17, 15) is 4.79 Å². The number of carbonyl (C=O) groups is 1. The summed E-state index contributed by atoms with van der Waals surface area (Å²) in [4.78, 5) is 12.5. The van der Waals surface area contributed by atoms with Crippen molar-refractivity contribution >= 4 is 37.8 Å². The topological polar surface area (TPSA) is 61.7 Å². The van der Waals surface area contributed by atoms with Gasteiger partial charge in [-0.25, -0.2) is 4.79 Å². The molecule has 8 heteroatoms. The third-order valence-electron chi connectivity index (χ3n) is 8.92. The molecule has 0 saturated carbocycles. The zero-order valence-corrected chi connectivity index (χ0v) is 28.0. The SMILES string of the molecule is CC(C)[Si](C(C)C)(C(C)C)n1cc(C[C@@H](C)NC(=O)OC(C)(C)C)c2ccc(B3OC(C)(C)C(C)(C)O3)cc21. The van der Waals surface area contributed by atoms with Crippen molar-refractivity contribution in [2.45, 2.75) is 143 Å². The molecular formula is C31H53BN2O4Si. The molecule has 0 unspecified atom stereocenters. The van der Waals surface area contributed by atoms with E-state index in [0.29, 0.717) is 16.6 Å². The lowest BCUT2D eigenvalue weighted by Gasteiger charge is -2.44. The Labute approximate surface area is 238 Å². The molecule has 0 bridgehead atoms. The van der Waals surface area contributed by atoms with Crippen molar-refractivity contribution in [3.8, 4) is 0 Å². The van der Waals surface area contributed by atoms with E-state index < -0.39 is 32.2 Å². The lowest BCUT2D eigenvalue weighted by atomic mass is 9.78. The molecule has 0 aliphatic carbocycles. The van der Waals surface area contributed by atoms with E-state index in [4.69, 9.17) is 14.0 Å². The first kappa shape index (κ1) is 31.8. The third-order valence-corrected chi connectivity index (χ3v) is 15.7. The first-order valence-corrected chi connectivity index (χ1v) is 16.9. The second-order valence-electron chi connectivity index (χ2n) is 14.5. The summed E-state index contributed by atoms with van der Waals surface area (Å²) in [6, 6.07) is 6.59. The van der Waals surface area contributed by atoms with Crippen molar-refractivity contribution in [1.29, 1.82) is 0 Å². The molecule has 1 amide bonds. The molecule has 2 aromatic rings. The predicted molar refractivity (Wildman–Crippen MR) is 167 cm³/mol. The summed E-state index contributed by atoms with van der Waals surface area (Å²) in [7, 11) is -2.47. The van der Waals surface area contributed by atoms with Crippen LogP contribution in [0.25, 0.3) is 10.9 Å². The number of fused-ring (bicyclic) bond motifs is 1. The Kier molecular flexibility index (Phi) is 8.88. The van der Waals surface area contributed by atoms with Gasteiger partial charge in [-0.3, -0.25) is 0 Å². The maximum atomic E-state index is 12.5. The third kappa shape index (κ3) is 6.13. The van der Waals surface area contributed by atoms with Crippen LogP contribution in [0.3, 0.4) is 0 Å². The van der Waals surface area contributed by atoms with Gasteiger partial charge < -0.3 is 23.6 Å². The summed E-state index contributed by atoms with van der Waals surface area (Å²) in [6.45, 7) is 30.4. The molecule has 1 aromatic heterocycles. The number of alkyl carbamates (subject to hydrolysis) is 1. The summed E-state index contributed by atoms with van der Waals surface area (Å²) in [6.07, 6.45) is 2.73. The van der Waals surface area contributed by atoms with Gasteiger partial charge in [0.15, 0.2) is 8.24 Å². The first-order valence-electron chi connectivity index (χ1n) is 14.7. The van der Waals surface area contributed by atoms with Crippen LogP contribution in [-0.4, -0.2) is 48.5 Å². The van der Waals surface area contributed by atoms with Crippen LogP contribution in [0.1, 0.15) is 102 Å². The quantitative estimate of drug-likeness (QED) is 0.344. The van der Waals surface area contributed by atoms with Crippen LogP contribution in [0.2, 0.25) is 16.6 Å². The van der Waals surface area contributed by atoms with E-state index in [1.54, 1.807) is 0 Å². The minimum atomic E-state index is -2.06. The number of aromatic nitrogens is 1. The molecular weight excluding hydrogens is 503 g/mol. The van der Waals surface area contributed by atoms with Gasteiger partial charge in [0.1, 0.15) is 5.60 Å². The second kappa shape index (κ2) is 10.9. The molecule has 2 heterocycles. The van der Waals surface area contributed by atoms with E-state index >= 15 is 0 Å². The van der Waals surface area contributed by atoms with Crippen LogP contribution in [0, 0.1) is 0 Å². The monoisotopic (exact) mass is 556 g/mol. The highest BCUT2D eigenvalue weighted by Gasteiger charge is 2.52. The Hall–Kier alpha value is -1.77. The number of hydrogen-bond acceptors (Lipinski definition) is 4. The summed E-state index contributed by atoms with van der Waals surface area (Å²) in [5, 5.41) is 4.27. The smallest absolute Gasteiger partial charge is 0.444 e. The average molecular weight is 557 g/mol. The Balaban J connectivity index is 2.13. The summed E-state index contributed by atoms with van der Waals surface area (Å²) < 4.78 is 21.1. The van der Waals surface area contributed by atoms with E-state index in [0.717, 1.165) is 11.9 Å². The molecule has 1 aromatic carbocycles. The standard InChI is InChI=1S/C31H53BN2O4Si/c1-20(2)39(21(3)4,22(5)6)34-19-24(17-23(7)33-28(35)36-29(8,9)10)26-16-15-25(18-27(26)34)32-37-30(11,12)31(13,14)38-32/h15-16,18-23H,17H2,1-14H3,(H,33,35)/t23-/m1/s1. The van der Waals surface area contributed by atoms with Gasteiger partial charge in [0.25, 0.3) is 0 Å². The lowest BCUT2D eigenvalue weighted by molar-refractivity contribution is 0.00578. The van der Waals surface area contributed by atoms with Gasteiger partial charge in [-0.1, -0.05) is 53.7 Å². The average Bonchev–Trinajstić information content (AvgIpc) is 3.19. The maximum Gasteiger partial charge on any atom is 0.494 e. The van der Waals surface area contributed by atoms with Crippen LogP contribution in [0.4, 0.5) is 4.79 Å². The Morgan fingerprint density at radius 1 is 0.974 bits per heavy atom. The lowest BCUT2D eigenvalue weighted by Crippen LogP contribution is -2.51. The maximum absolute atomic E-state index is 12.5. The molecule has 0 radical (unpaired) electrons. The number of rotatable bonds is 8. The molecule has 1 aliphatic heterocycles. The predicted octanol–water partition coefficient (Wildman–Crippen LogP) is 7.42. The number of hydrogen-bond donors (Lipinski definition) is 1. The molecule has 3 rings (SSSR count). The molecule has 39 heavy (non-hydrogen) atoms. The van der Waals surface area contributed by atoms with Crippen LogP contribution in [0.15, 0.2) is 24.4 Å². The highest BCUT2D eigenvalue weighted by molar-refractivity contribution is 6.82. The summed E-state index contributed by atoms with van der Waals surface area (Å²) in [5.41, 5.74) is 3.84. The highest BCUT2D eigenvalue weighted by atomic mass is 28.3. The Morgan fingerprint density at radius 3 is 1.95 bits per heavy atom. The number of ether oxygens (including phenoxy) is 1. The number of nitrogens with zero attached hydrogens (tertiary/aromatic N) is 1. The van der Waals surface area contributed by atoms with Crippen LogP contribution >= 0.6 is 0 Å². The fourth-order valence-electron chi connectivity index (χ4n) is 6.65. The molecule has 1 saturated heterocycles. The van der Waals surface area contributed by atoms with Crippen molar-refractivity contribution < 1.29 is 18.8 Å².